The maximum absolute atomic E-state index is 12.4. The molecule has 1 amide bonds. The zero-order chi connectivity index (χ0) is 22.2. The summed E-state index contributed by atoms with van der Waals surface area (Å²) >= 11 is 1.81. The molecule has 2 aromatic heterocycles. The fourth-order valence-electron chi connectivity index (χ4n) is 4.96. The molecule has 6 nitrogen and oxygen atoms in total. The first-order chi connectivity index (χ1) is 14.8. The van der Waals surface area contributed by atoms with Gasteiger partial charge in [0.05, 0.1) is 5.39 Å². The first-order valence-electron chi connectivity index (χ1n) is 11.7. The van der Waals surface area contributed by atoms with Crippen LogP contribution in [0.15, 0.2) is 6.33 Å². The summed E-state index contributed by atoms with van der Waals surface area (Å²) < 4.78 is 12.0. The highest BCUT2D eigenvalue weighted by molar-refractivity contribution is 7.19. The molecule has 1 atom stereocenters. The number of ether oxygens (including phenoxy) is 2. The van der Waals surface area contributed by atoms with Crippen molar-refractivity contribution in [1.82, 2.24) is 14.9 Å². The van der Waals surface area contributed by atoms with Crippen LogP contribution in [0.3, 0.4) is 0 Å². The minimum atomic E-state index is -0.472. The number of hydrogen-bond donors (Lipinski definition) is 0. The normalized spacial score (nSPS) is 23.6. The molecule has 0 bridgehead atoms. The second kappa shape index (κ2) is 8.93. The molecule has 4 rings (SSSR count). The molecule has 2 aromatic rings. The Labute approximate surface area is 189 Å². The molecule has 0 radical (unpaired) electrons. The third kappa shape index (κ3) is 4.81. The second-order valence-corrected chi connectivity index (χ2v) is 11.0. The molecule has 1 fully saturated rings. The predicted octanol–water partition coefficient (Wildman–Crippen LogP) is 6.08. The monoisotopic (exact) mass is 445 g/mol. The van der Waals surface area contributed by atoms with Crippen LogP contribution in [0, 0.1) is 0 Å². The largest absolute Gasteiger partial charge is 0.474 e. The zero-order valence-electron chi connectivity index (χ0n) is 19.4. The van der Waals surface area contributed by atoms with Crippen molar-refractivity contribution >= 4 is 27.6 Å². The van der Waals surface area contributed by atoms with Gasteiger partial charge in [-0.15, -0.1) is 11.3 Å². The molecular weight excluding hydrogens is 410 g/mol. The highest BCUT2D eigenvalue weighted by atomic mass is 32.1. The number of fused-ring (bicyclic) bond motifs is 3. The van der Waals surface area contributed by atoms with E-state index >= 15 is 0 Å². The summed E-state index contributed by atoms with van der Waals surface area (Å²) in [6, 6.07) is 0.194. The molecule has 0 N–H and O–H groups in total. The van der Waals surface area contributed by atoms with Gasteiger partial charge in [-0.05, 0) is 77.2 Å². The summed E-state index contributed by atoms with van der Waals surface area (Å²) in [4.78, 5) is 25.8. The van der Waals surface area contributed by atoms with Crippen molar-refractivity contribution in [3.8, 4) is 5.88 Å². The third-order valence-corrected chi connectivity index (χ3v) is 7.66. The number of rotatable bonds is 5. The average Bonchev–Trinajstić information content (AvgIpc) is 3.27. The molecule has 0 aromatic carbocycles. The van der Waals surface area contributed by atoms with Crippen LogP contribution >= 0.6 is 11.3 Å². The lowest BCUT2D eigenvalue weighted by molar-refractivity contribution is 0.0138. The molecule has 170 valence electrons. The van der Waals surface area contributed by atoms with E-state index in [9.17, 15) is 4.79 Å². The summed E-state index contributed by atoms with van der Waals surface area (Å²) in [7, 11) is 1.84. The summed E-state index contributed by atoms with van der Waals surface area (Å²) in [6.07, 6.45) is 9.97. The van der Waals surface area contributed by atoms with Crippen LogP contribution in [-0.4, -0.2) is 45.8 Å². The quantitative estimate of drug-likeness (QED) is 0.558. The Morgan fingerprint density at radius 2 is 1.94 bits per heavy atom. The molecular formula is C24H35N3O3S. The van der Waals surface area contributed by atoms with Gasteiger partial charge in [-0.1, -0.05) is 13.3 Å². The van der Waals surface area contributed by atoms with Crippen molar-refractivity contribution in [3.05, 3.63) is 16.8 Å². The van der Waals surface area contributed by atoms with Crippen molar-refractivity contribution in [2.75, 3.05) is 7.05 Å². The summed E-state index contributed by atoms with van der Waals surface area (Å²) in [6.45, 7) is 7.96. The van der Waals surface area contributed by atoms with Gasteiger partial charge in [0.25, 0.3) is 0 Å². The zero-order valence-corrected chi connectivity index (χ0v) is 20.3. The summed E-state index contributed by atoms with van der Waals surface area (Å²) in [5.74, 6) is 1.37. The minimum absolute atomic E-state index is 0.128. The molecule has 2 aliphatic rings. The maximum Gasteiger partial charge on any atom is 0.410 e. The predicted molar refractivity (Wildman–Crippen MR) is 124 cm³/mol. The molecule has 7 heteroatoms. The lowest BCUT2D eigenvalue weighted by atomic mass is 9.92. The van der Waals surface area contributed by atoms with E-state index in [-0.39, 0.29) is 18.2 Å². The van der Waals surface area contributed by atoms with Gasteiger partial charge in [0, 0.05) is 18.0 Å². The Morgan fingerprint density at radius 3 is 2.61 bits per heavy atom. The Balaban J connectivity index is 1.43. The van der Waals surface area contributed by atoms with Gasteiger partial charge >= 0.3 is 6.09 Å². The number of nitrogens with zero attached hydrogens (tertiary/aromatic N) is 3. The van der Waals surface area contributed by atoms with Gasteiger partial charge in [0.2, 0.25) is 5.88 Å². The van der Waals surface area contributed by atoms with Gasteiger partial charge in [-0.3, -0.25) is 0 Å². The van der Waals surface area contributed by atoms with Crippen LogP contribution in [0.25, 0.3) is 10.2 Å². The first kappa shape index (κ1) is 22.3. The summed E-state index contributed by atoms with van der Waals surface area (Å²) in [5, 5.41) is 1.16. The van der Waals surface area contributed by atoms with E-state index < -0.39 is 5.60 Å². The van der Waals surface area contributed by atoms with Gasteiger partial charge in [-0.2, -0.15) is 0 Å². The molecule has 31 heavy (non-hydrogen) atoms. The van der Waals surface area contributed by atoms with Crippen LogP contribution < -0.4 is 4.74 Å². The summed E-state index contributed by atoms with van der Waals surface area (Å²) in [5.41, 5.74) is 0.983. The van der Waals surface area contributed by atoms with E-state index in [0.29, 0.717) is 5.92 Å². The standard InChI is InChI=1S/C24H35N3O3S/c1-6-7-15-8-13-18-19(15)20-21(25-14-26-22(20)31-18)29-17-11-9-16(10-12-17)27(5)23(28)30-24(2,3)4/h14-17H,6-13H2,1-5H3. The highest BCUT2D eigenvalue weighted by Gasteiger charge is 2.32. The van der Waals surface area contributed by atoms with Crippen molar-refractivity contribution in [2.24, 2.45) is 0 Å². The Hall–Kier alpha value is -1.89. The van der Waals surface area contributed by atoms with Crippen molar-refractivity contribution in [2.45, 2.75) is 103 Å². The van der Waals surface area contributed by atoms with Gasteiger partial charge in [0.1, 0.15) is 22.9 Å². The number of aromatic nitrogens is 2. The second-order valence-electron chi connectivity index (χ2n) is 9.96. The fraction of sp³-hybridized carbons (Fsp3) is 0.708. The molecule has 1 unspecified atom stereocenters. The molecule has 1 saturated carbocycles. The van der Waals surface area contributed by atoms with Crippen LogP contribution in [0.2, 0.25) is 0 Å². The van der Waals surface area contributed by atoms with E-state index in [1.165, 1.54) is 29.7 Å². The van der Waals surface area contributed by atoms with Crippen LogP contribution in [0.1, 0.15) is 89.0 Å². The van der Waals surface area contributed by atoms with Gasteiger partial charge in [0.15, 0.2) is 0 Å². The average molecular weight is 446 g/mol. The topological polar surface area (TPSA) is 64.6 Å². The van der Waals surface area contributed by atoms with E-state index in [0.717, 1.165) is 48.2 Å². The first-order valence-corrected chi connectivity index (χ1v) is 12.5. The lowest BCUT2D eigenvalue weighted by Gasteiger charge is -2.35. The van der Waals surface area contributed by atoms with Crippen LogP contribution in [0.4, 0.5) is 4.79 Å². The Morgan fingerprint density at radius 1 is 1.19 bits per heavy atom. The number of amides is 1. The third-order valence-electron chi connectivity index (χ3n) is 6.48. The number of thiophene rings is 1. The number of aryl methyl sites for hydroxylation is 1. The highest BCUT2D eigenvalue weighted by Crippen LogP contribution is 2.47. The van der Waals surface area contributed by atoms with E-state index in [2.05, 4.69) is 16.9 Å². The maximum atomic E-state index is 12.4. The van der Waals surface area contributed by atoms with E-state index in [4.69, 9.17) is 9.47 Å². The smallest absolute Gasteiger partial charge is 0.410 e. The molecule has 0 saturated heterocycles. The van der Waals surface area contributed by atoms with Crippen LogP contribution in [0.5, 0.6) is 5.88 Å². The SMILES string of the molecule is CCCC1CCc2sc3ncnc(OC4CCC(N(C)C(=O)OC(C)(C)C)CC4)c3c21. The lowest BCUT2D eigenvalue weighted by Crippen LogP contribution is -2.43. The Kier molecular flexibility index (Phi) is 6.42. The van der Waals surface area contributed by atoms with Crippen molar-refractivity contribution < 1.29 is 14.3 Å². The fourth-order valence-corrected chi connectivity index (χ4v) is 6.19. The number of carbonyl (C=O) groups is 1. The number of hydrogen-bond acceptors (Lipinski definition) is 6. The molecule has 2 heterocycles. The molecule has 0 aliphatic heterocycles. The van der Waals surface area contributed by atoms with Gasteiger partial charge in [-0.25, -0.2) is 14.8 Å². The molecule has 2 aliphatic carbocycles. The number of carbonyl (C=O) groups excluding carboxylic acids is 1. The van der Waals surface area contributed by atoms with E-state index in [1.807, 2.05) is 39.2 Å². The minimum Gasteiger partial charge on any atom is -0.474 e. The van der Waals surface area contributed by atoms with Crippen LogP contribution in [-0.2, 0) is 11.2 Å². The Bertz CT molecular complexity index is 928. The van der Waals surface area contributed by atoms with Crippen molar-refractivity contribution in [1.29, 1.82) is 0 Å². The molecule has 0 spiro atoms. The van der Waals surface area contributed by atoms with E-state index in [1.54, 1.807) is 11.2 Å². The van der Waals surface area contributed by atoms with Crippen molar-refractivity contribution in [3.63, 3.8) is 0 Å². The van der Waals surface area contributed by atoms with Gasteiger partial charge < -0.3 is 14.4 Å².